The second kappa shape index (κ2) is 6.19. The standard InChI is InChI=1S/C14H12N6OS/c15-10-4-1-5-11(17-10)19-14(21)20-12-8-22-13(18-12)9-3-2-6-16-7-9/h1-8H,(H4,15,17,19,20,21). The fraction of sp³-hybridized carbons (Fsp3) is 0. The van der Waals surface area contributed by atoms with Gasteiger partial charge in [-0.2, -0.15) is 0 Å². The average molecular weight is 312 g/mol. The quantitative estimate of drug-likeness (QED) is 0.689. The Morgan fingerprint density at radius 2 is 1.95 bits per heavy atom. The summed E-state index contributed by atoms with van der Waals surface area (Å²) >= 11 is 1.42. The Hall–Kier alpha value is -3.00. The zero-order chi connectivity index (χ0) is 15.4. The predicted octanol–water partition coefficient (Wildman–Crippen LogP) is 2.83. The number of nitrogens with two attached hydrogens (primary N) is 1. The zero-order valence-corrected chi connectivity index (χ0v) is 12.2. The summed E-state index contributed by atoms with van der Waals surface area (Å²) in [6.07, 6.45) is 3.42. The van der Waals surface area contributed by atoms with Crippen molar-refractivity contribution in [2.45, 2.75) is 0 Å². The van der Waals surface area contributed by atoms with Crippen molar-refractivity contribution in [2.24, 2.45) is 0 Å². The number of carbonyl (C=O) groups excluding carboxylic acids is 1. The smallest absolute Gasteiger partial charge is 0.326 e. The molecule has 0 unspecified atom stereocenters. The second-order valence-electron chi connectivity index (χ2n) is 4.31. The molecule has 3 aromatic rings. The van der Waals surface area contributed by atoms with E-state index >= 15 is 0 Å². The number of hydrogen-bond donors (Lipinski definition) is 3. The molecular weight excluding hydrogens is 300 g/mol. The van der Waals surface area contributed by atoms with Crippen LogP contribution in [0, 0.1) is 0 Å². The van der Waals surface area contributed by atoms with E-state index in [1.165, 1.54) is 11.3 Å². The van der Waals surface area contributed by atoms with E-state index in [2.05, 4.69) is 25.6 Å². The Bertz CT molecular complexity index is 789. The molecule has 0 bridgehead atoms. The van der Waals surface area contributed by atoms with E-state index in [0.29, 0.717) is 17.5 Å². The molecule has 0 aliphatic heterocycles. The van der Waals surface area contributed by atoms with Crippen LogP contribution in [0.1, 0.15) is 0 Å². The third-order valence-corrected chi connectivity index (χ3v) is 3.56. The van der Waals surface area contributed by atoms with Gasteiger partial charge in [-0.3, -0.25) is 15.6 Å². The largest absolute Gasteiger partial charge is 0.384 e. The van der Waals surface area contributed by atoms with Gasteiger partial charge in [0.2, 0.25) is 0 Å². The summed E-state index contributed by atoms with van der Waals surface area (Å²) in [5.41, 5.74) is 6.46. The summed E-state index contributed by atoms with van der Waals surface area (Å²) in [6.45, 7) is 0. The first-order chi connectivity index (χ1) is 10.7. The molecule has 0 fully saturated rings. The molecule has 0 aliphatic rings. The van der Waals surface area contributed by atoms with Crippen LogP contribution in [0.15, 0.2) is 48.1 Å². The van der Waals surface area contributed by atoms with E-state index in [-0.39, 0.29) is 0 Å². The van der Waals surface area contributed by atoms with Gasteiger partial charge in [0, 0.05) is 23.3 Å². The van der Waals surface area contributed by atoms with Crippen LogP contribution in [-0.4, -0.2) is 21.0 Å². The average Bonchev–Trinajstić information content (AvgIpc) is 2.96. The van der Waals surface area contributed by atoms with Crippen LogP contribution in [0.4, 0.5) is 22.2 Å². The van der Waals surface area contributed by atoms with E-state index in [1.54, 1.807) is 36.0 Å². The van der Waals surface area contributed by atoms with Gasteiger partial charge < -0.3 is 5.73 Å². The van der Waals surface area contributed by atoms with Gasteiger partial charge in [0.15, 0.2) is 0 Å². The number of thiazole rings is 1. The lowest BCUT2D eigenvalue weighted by Gasteiger charge is -2.05. The van der Waals surface area contributed by atoms with E-state index in [0.717, 1.165) is 10.6 Å². The molecule has 7 nitrogen and oxygen atoms in total. The molecule has 0 saturated carbocycles. The number of rotatable bonds is 3. The fourth-order valence-corrected chi connectivity index (χ4v) is 2.48. The second-order valence-corrected chi connectivity index (χ2v) is 5.16. The molecule has 22 heavy (non-hydrogen) atoms. The van der Waals surface area contributed by atoms with Crippen LogP contribution in [0.2, 0.25) is 0 Å². The maximum absolute atomic E-state index is 11.9. The summed E-state index contributed by atoms with van der Waals surface area (Å²) < 4.78 is 0. The van der Waals surface area contributed by atoms with Gasteiger partial charge in [-0.05, 0) is 24.3 Å². The first-order valence-corrected chi connectivity index (χ1v) is 7.25. The van der Waals surface area contributed by atoms with Gasteiger partial charge in [-0.15, -0.1) is 11.3 Å². The minimum atomic E-state index is -0.430. The highest BCUT2D eigenvalue weighted by Gasteiger charge is 2.08. The molecule has 3 aromatic heterocycles. The number of nitrogen functional groups attached to an aromatic ring is 1. The topological polar surface area (TPSA) is 106 Å². The number of amides is 2. The number of urea groups is 1. The molecular formula is C14H12N6OS. The van der Waals surface area contributed by atoms with Crippen molar-refractivity contribution in [1.29, 1.82) is 0 Å². The molecule has 0 aromatic carbocycles. The van der Waals surface area contributed by atoms with Crippen molar-refractivity contribution in [3.63, 3.8) is 0 Å². The fourth-order valence-electron chi connectivity index (χ4n) is 1.74. The first kappa shape index (κ1) is 14.0. The highest BCUT2D eigenvalue weighted by Crippen LogP contribution is 2.24. The molecule has 3 rings (SSSR count). The van der Waals surface area contributed by atoms with Crippen molar-refractivity contribution in [1.82, 2.24) is 15.0 Å². The van der Waals surface area contributed by atoms with Gasteiger partial charge in [0.25, 0.3) is 0 Å². The first-order valence-electron chi connectivity index (χ1n) is 6.37. The van der Waals surface area contributed by atoms with Crippen molar-refractivity contribution in [3.8, 4) is 10.6 Å². The highest BCUT2D eigenvalue weighted by molar-refractivity contribution is 7.13. The summed E-state index contributed by atoms with van der Waals surface area (Å²) in [5.74, 6) is 1.18. The molecule has 2 amide bonds. The molecule has 8 heteroatoms. The lowest BCUT2D eigenvalue weighted by Crippen LogP contribution is -2.20. The van der Waals surface area contributed by atoms with Crippen molar-refractivity contribution in [2.75, 3.05) is 16.4 Å². The maximum Gasteiger partial charge on any atom is 0.326 e. The van der Waals surface area contributed by atoms with Crippen molar-refractivity contribution >= 4 is 34.8 Å². The van der Waals surface area contributed by atoms with Gasteiger partial charge in [-0.25, -0.2) is 14.8 Å². The lowest BCUT2D eigenvalue weighted by molar-refractivity contribution is 0.262. The molecule has 0 saturated heterocycles. The SMILES string of the molecule is Nc1cccc(NC(=O)Nc2csc(-c3cccnc3)n2)n1. The van der Waals surface area contributed by atoms with Crippen molar-refractivity contribution in [3.05, 3.63) is 48.1 Å². The minimum absolute atomic E-state index is 0.338. The zero-order valence-electron chi connectivity index (χ0n) is 11.4. The Labute approximate surface area is 130 Å². The molecule has 4 N–H and O–H groups in total. The number of nitrogens with zero attached hydrogens (tertiary/aromatic N) is 3. The monoisotopic (exact) mass is 312 g/mol. The van der Waals surface area contributed by atoms with Gasteiger partial charge >= 0.3 is 6.03 Å². The van der Waals surface area contributed by atoms with E-state index < -0.39 is 6.03 Å². The normalized spacial score (nSPS) is 10.2. The van der Waals surface area contributed by atoms with Crippen LogP contribution < -0.4 is 16.4 Å². The Kier molecular flexibility index (Phi) is 3.92. The number of anilines is 3. The third kappa shape index (κ3) is 3.36. The third-order valence-electron chi connectivity index (χ3n) is 2.67. The van der Waals surface area contributed by atoms with Crippen molar-refractivity contribution < 1.29 is 4.79 Å². The summed E-state index contributed by atoms with van der Waals surface area (Å²) in [6, 6.07) is 8.32. The number of carbonyl (C=O) groups is 1. The van der Waals surface area contributed by atoms with Gasteiger partial charge in [0.1, 0.15) is 22.5 Å². The summed E-state index contributed by atoms with van der Waals surface area (Å²) in [7, 11) is 0. The maximum atomic E-state index is 11.9. The number of hydrogen-bond acceptors (Lipinski definition) is 6. The molecule has 0 atom stereocenters. The Morgan fingerprint density at radius 1 is 1.09 bits per heavy atom. The Balaban J connectivity index is 1.66. The number of nitrogens with one attached hydrogen (secondary N) is 2. The minimum Gasteiger partial charge on any atom is -0.384 e. The van der Waals surface area contributed by atoms with Crippen LogP contribution in [0.25, 0.3) is 10.6 Å². The van der Waals surface area contributed by atoms with Crippen LogP contribution in [0.5, 0.6) is 0 Å². The Morgan fingerprint density at radius 3 is 2.73 bits per heavy atom. The van der Waals surface area contributed by atoms with Crippen LogP contribution >= 0.6 is 11.3 Å². The molecule has 0 spiro atoms. The van der Waals surface area contributed by atoms with Gasteiger partial charge in [0.05, 0.1) is 0 Å². The van der Waals surface area contributed by atoms with E-state index in [9.17, 15) is 4.79 Å². The summed E-state index contributed by atoms with van der Waals surface area (Å²) in [5, 5.41) is 7.78. The van der Waals surface area contributed by atoms with Crippen LogP contribution in [0.3, 0.4) is 0 Å². The summed E-state index contributed by atoms with van der Waals surface area (Å²) in [4.78, 5) is 24.3. The molecule has 0 radical (unpaired) electrons. The molecule has 3 heterocycles. The number of aromatic nitrogens is 3. The highest BCUT2D eigenvalue weighted by atomic mass is 32.1. The molecule has 0 aliphatic carbocycles. The predicted molar refractivity (Wildman–Crippen MR) is 86.6 cm³/mol. The van der Waals surface area contributed by atoms with E-state index in [1.807, 2.05) is 12.1 Å². The lowest BCUT2D eigenvalue weighted by atomic mass is 10.3. The number of pyridine rings is 2. The van der Waals surface area contributed by atoms with E-state index in [4.69, 9.17) is 5.73 Å². The molecule has 110 valence electrons. The van der Waals surface area contributed by atoms with Gasteiger partial charge in [-0.1, -0.05) is 6.07 Å². The van der Waals surface area contributed by atoms with Crippen LogP contribution in [-0.2, 0) is 0 Å².